The van der Waals surface area contributed by atoms with Crippen LogP contribution in [-0.2, 0) is 4.79 Å². The van der Waals surface area contributed by atoms with Crippen molar-refractivity contribution in [3.8, 4) is 11.3 Å². The van der Waals surface area contributed by atoms with Gasteiger partial charge in [-0.25, -0.2) is 4.98 Å². The van der Waals surface area contributed by atoms with E-state index in [1.807, 2.05) is 99.6 Å². The molecule has 0 aliphatic carbocycles. The Morgan fingerprint density at radius 1 is 0.941 bits per heavy atom. The number of para-hydroxylation sites is 3. The van der Waals surface area contributed by atoms with Gasteiger partial charge in [-0.3, -0.25) is 14.2 Å². The second-order valence-corrected chi connectivity index (χ2v) is 9.32. The van der Waals surface area contributed by atoms with Crippen LogP contribution in [0.25, 0.3) is 33.3 Å². The molecule has 6 heteroatoms. The molecule has 0 saturated carbocycles. The molecule has 0 radical (unpaired) electrons. The van der Waals surface area contributed by atoms with E-state index in [1.165, 1.54) is 4.57 Å². The molecule has 0 saturated heterocycles. The molecule has 2 heterocycles. The summed E-state index contributed by atoms with van der Waals surface area (Å²) in [6.07, 6.45) is 0. The lowest BCUT2D eigenvalue weighted by molar-refractivity contribution is -0.125. The van der Waals surface area contributed by atoms with E-state index in [-0.39, 0.29) is 17.2 Å². The van der Waals surface area contributed by atoms with E-state index in [9.17, 15) is 9.59 Å². The Balaban J connectivity index is 1.82. The van der Waals surface area contributed by atoms with Gasteiger partial charge in [0.05, 0.1) is 11.0 Å². The van der Waals surface area contributed by atoms with Crippen LogP contribution in [0.4, 0.5) is 0 Å². The molecule has 1 atom stereocenters. The number of nitrogens with one attached hydrogen (secondary N) is 1. The van der Waals surface area contributed by atoms with Crippen LogP contribution in [0.2, 0.25) is 0 Å². The van der Waals surface area contributed by atoms with Crippen molar-refractivity contribution in [2.75, 3.05) is 0 Å². The van der Waals surface area contributed by atoms with Crippen molar-refractivity contribution in [2.24, 2.45) is 0 Å². The molecule has 5 rings (SSSR count). The number of carbonyl (C=O) groups excluding carboxylic acids is 1. The highest BCUT2D eigenvalue weighted by atomic mass is 16.3. The standard InChI is InChI=1S/C28H25N3O3/c1-28(2,3)30-26(32)25(23-17-19-13-7-10-16-22(19)34-23)31-21-15-9-8-14-20(21)29-24(27(31)33)18-11-5-4-6-12-18/h4-17,25H,1-3H3,(H,30,32). The van der Waals surface area contributed by atoms with Crippen LogP contribution in [0, 0.1) is 0 Å². The minimum atomic E-state index is -1.02. The molecule has 34 heavy (non-hydrogen) atoms. The highest BCUT2D eigenvalue weighted by molar-refractivity contribution is 5.89. The first-order valence-electron chi connectivity index (χ1n) is 11.2. The van der Waals surface area contributed by atoms with Crippen molar-refractivity contribution in [1.29, 1.82) is 0 Å². The average Bonchev–Trinajstić information content (AvgIpc) is 3.23. The van der Waals surface area contributed by atoms with E-state index in [4.69, 9.17) is 4.42 Å². The number of nitrogens with zero attached hydrogens (tertiary/aromatic N) is 2. The van der Waals surface area contributed by atoms with E-state index in [2.05, 4.69) is 10.3 Å². The van der Waals surface area contributed by atoms with Crippen LogP contribution in [0.5, 0.6) is 0 Å². The van der Waals surface area contributed by atoms with Gasteiger partial charge in [0.25, 0.3) is 11.5 Å². The fourth-order valence-electron chi connectivity index (χ4n) is 4.14. The summed E-state index contributed by atoms with van der Waals surface area (Å²) >= 11 is 0. The van der Waals surface area contributed by atoms with Gasteiger partial charge in [0.1, 0.15) is 17.0 Å². The SMILES string of the molecule is CC(C)(C)NC(=O)C(c1cc2ccccc2o1)n1c(=O)c(-c2ccccc2)nc2ccccc21. The van der Waals surface area contributed by atoms with Crippen LogP contribution < -0.4 is 10.9 Å². The first-order valence-corrected chi connectivity index (χ1v) is 11.2. The Morgan fingerprint density at radius 2 is 1.62 bits per heavy atom. The normalized spacial score (nSPS) is 12.7. The quantitative estimate of drug-likeness (QED) is 0.402. The largest absolute Gasteiger partial charge is 0.458 e. The Kier molecular flexibility index (Phi) is 5.28. The molecule has 0 bridgehead atoms. The Bertz CT molecular complexity index is 1530. The van der Waals surface area contributed by atoms with E-state index in [0.717, 1.165) is 5.39 Å². The Labute approximate surface area is 196 Å². The summed E-state index contributed by atoms with van der Waals surface area (Å²) in [6.45, 7) is 5.72. The van der Waals surface area contributed by atoms with Crippen LogP contribution in [0.15, 0.2) is 94.1 Å². The predicted molar refractivity (Wildman–Crippen MR) is 134 cm³/mol. The maximum atomic E-state index is 14.0. The third-order valence-corrected chi connectivity index (χ3v) is 5.56. The highest BCUT2D eigenvalue weighted by Gasteiger charge is 2.32. The number of benzene rings is 3. The highest BCUT2D eigenvalue weighted by Crippen LogP contribution is 2.29. The lowest BCUT2D eigenvalue weighted by atomic mass is 10.1. The topological polar surface area (TPSA) is 77.1 Å². The monoisotopic (exact) mass is 451 g/mol. The minimum absolute atomic E-state index is 0.281. The van der Waals surface area contributed by atoms with Gasteiger partial charge >= 0.3 is 0 Å². The molecule has 5 aromatic rings. The maximum Gasteiger partial charge on any atom is 0.278 e. The molecule has 1 amide bonds. The van der Waals surface area contributed by atoms with Crippen LogP contribution >= 0.6 is 0 Å². The van der Waals surface area contributed by atoms with E-state index in [0.29, 0.717) is 27.9 Å². The van der Waals surface area contributed by atoms with E-state index < -0.39 is 11.6 Å². The second kappa shape index (κ2) is 8.30. The van der Waals surface area contributed by atoms with Gasteiger partial charge in [0.2, 0.25) is 0 Å². The number of amides is 1. The first kappa shape index (κ1) is 21.6. The summed E-state index contributed by atoms with van der Waals surface area (Å²) in [5.41, 5.74) is 1.93. The van der Waals surface area contributed by atoms with Gasteiger partial charge in [0, 0.05) is 16.5 Å². The van der Waals surface area contributed by atoms with Gasteiger partial charge in [-0.2, -0.15) is 0 Å². The van der Waals surface area contributed by atoms with Gasteiger partial charge in [-0.15, -0.1) is 0 Å². The molecular weight excluding hydrogens is 426 g/mol. The summed E-state index contributed by atoms with van der Waals surface area (Å²) in [5, 5.41) is 3.89. The van der Waals surface area contributed by atoms with Gasteiger partial charge in [-0.1, -0.05) is 60.7 Å². The number of fused-ring (bicyclic) bond motifs is 2. The van der Waals surface area contributed by atoms with Crippen molar-refractivity contribution < 1.29 is 9.21 Å². The fourth-order valence-corrected chi connectivity index (χ4v) is 4.14. The molecule has 0 fully saturated rings. The molecular formula is C28H25N3O3. The molecule has 170 valence electrons. The predicted octanol–water partition coefficient (Wildman–Crippen LogP) is 5.31. The molecule has 0 spiro atoms. The van der Waals surface area contributed by atoms with Gasteiger partial charge < -0.3 is 9.73 Å². The lowest BCUT2D eigenvalue weighted by Crippen LogP contribution is -2.46. The number of carbonyl (C=O) groups is 1. The van der Waals surface area contributed by atoms with Crippen molar-refractivity contribution in [2.45, 2.75) is 32.4 Å². The van der Waals surface area contributed by atoms with Crippen LogP contribution in [0.1, 0.15) is 32.6 Å². The van der Waals surface area contributed by atoms with Crippen molar-refractivity contribution in [3.05, 3.63) is 101 Å². The third-order valence-electron chi connectivity index (χ3n) is 5.56. The van der Waals surface area contributed by atoms with Gasteiger partial charge in [-0.05, 0) is 45.0 Å². The molecule has 6 nitrogen and oxygen atoms in total. The number of hydrogen-bond donors (Lipinski definition) is 1. The zero-order valence-electron chi connectivity index (χ0n) is 19.3. The summed E-state index contributed by atoms with van der Waals surface area (Å²) < 4.78 is 7.63. The summed E-state index contributed by atoms with van der Waals surface area (Å²) in [5.74, 6) is 0.0597. The van der Waals surface area contributed by atoms with Crippen molar-refractivity contribution in [3.63, 3.8) is 0 Å². The summed E-state index contributed by atoms with van der Waals surface area (Å²) in [6, 6.07) is 25.0. The zero-order chi connectivity index (χ0) is 23.9. The second-order valence-electron chi connectivity index (χ2n) is 9.32. The average molecular weight is 452 g/mol. The molecule has 2 aromatic heterocycles. The van der Waals surface area contributed by atoms with Gasteiger partial charge in [0.15, 0.2) is 6.04 Å². The van der Waals surface area contributed by atoms with E-state index >= 15 is 0 Å². The lowest BCUT2D eigenvalue weighted by Gasteiger charge is -2.26. The number of hydrogen-bond acceptors (Lipinski definition) is 4. The zero-order valence-corrected chi connectivity index (χ0v) is 19.3. The Hall–Kier alpha value is -4.19. The third kappa shape index (κ3) is 3.99. The maximum absolute atomic E-state index is 14.0. The number of aromatic nitrogens is 2. The Morgan fingerprint density at radius 3 is 2.35 bits per heavy atom. The fraction of sp³-hybridized carbons (Fsp3) is 0.179. The van der Waals surface area contributed by atoms with Crippen LogP contribution in [-0.4, -0.2) is 21.0 Å². The smallest absolute Gasteiger partial charge is 0.278 e. The summed E-state index contributed by atoms with van der Waals surface area (Å²) in [7, 11) is 0. The molecule has 1 unspecified atom stereocenters. The summed E-state index contributed by atoms with van der Waals surface area (Å²) in [4.78, 5) is 32.4. The molecule has 1 N–H and O–H groups in total. The van der Waals surface area contributed by atoms with Crippen molar-refractivity contribution >= 4 is 27.9 Å². The first-order chi connectivity index (χ1) is 16.3. The molecule has 0 aliphatic heterocycles. The molecule has 0 aliphatic rings. The number of rotatable bonds is 4. The number of furan rings is 1. The molecule has 3 aromatic carbocycles. The van der Waals surface area contributed by atoms with E-state index in [1.54, 1.807) is 6.07 Å². The minimum Gasteiger partial charge on any atom is -0.458 e. The van der Waals surface area contributed by atoms with Crippen molar-refractivity contribution in [1.82, 2.24) is 14.9 Å². The van der Waals surface area contributed by atoms with Crippen LogP contribution in [0.3, 0.4) is 0 Å².